The predicted octanol–water partition coefficient (Wildman–Crippen LogP) is 1.34. The highest BCUT2D eigenvalue weighted by Crippen LogP contribution is 2.10. The number of sulfone groups is 1. The molecular weight excluding hydrogens is 262 g/mol. The Kier molecular flexibility index (Phi) is 7.18. The van der Waals surface area contributed by atoms with Gasteiger partial charge in [-0.05, 0) is 17.7 Å². The van der Waals surface area contributed by atoms with Crippen molar-refractivity contribution in [2.45, 2.75) is 13.5 Å². The molecule has 98 valence electrons. The molecule has 1 aromatic rings. The normalized spacial score (nSPS) is 10.9. The van der Waals surface area contributed by atoms with Crippen molar-refractivity contribution in [2.24, 2.45) is 0 Å². The summed E-state index contributed by atoms with van der Waals surface area (Å²) in [5.74, 6) is 0.559. The Balaban J connectivity index is 0.00000256. The van der Waals surface area contributed by atoms with Gasteiger partial charge in [-0.15, -0.1) is 12.4 Å². The first-order valence-electron chi connectivity index (χ1n) is 5.22. The smallest absolute Gasteiger partial charge is 0.151 e. The van der Waals surface area contributed by atoms with Gasteiger partial charge in [0.25, 0.3) is 0 Å². The van der Waals surface area contributed by atoms with Gasteiger partial charge in [-0.1, -0.05) is 19.1 Å². The molecule has 0 bridgehead atoms. The van der Waals surface area contributed by atoms with Gasteiger partial charge in [-0.3, -0.25) is 0 Å². The highest BCUT2D eigenvalue weighted by molar-refractivity contribution is 7.91. The zero-order valence-electron chi connectivity index (χ0n) is 9.72. The first kappa shape index (κ1) is 16.2. The van der Waals surface area contributed by atoms with Gasteiger partial charge >= 0.3 is 0 Å². The van der Waals surface area contributed by atoms with E-state index in [-0.39, 0.29) is 29.7 Å². The van der Waals surface area contributed by atoms with Gasteiger partial charge in [0.15, 0.2) is 9.84 Å². The van der Waals surface area contributed by atoms with E-state index in [1.54, 1.807) is 25.1 Å². The molecule has 1 rings (SSSR count). The number of hydrogen-bond acceptors (Lipinski definition) is 4. The van der Waals surface area contributed by atoms with Crippen LogP contribution in [-0.2, 0) is 16.4 Å². The molecule has 0 aliphatic carbocycles. The molecule has 0 heterocycles. The third-order valence-electron chi connectivity index (χ3n) is 2.27. The van der Waals surface area contributed by atoms with Gasteiger partial charge in [-0.2, -0.15) is 0 Å². The lowest BCUT2D eigenvalue weighted by molar-refractivity contribution is 0.474. The van der Waals surface area contributed by atoms with E-state index < -0.39 is 9.84 Å². The van der Waals surface area contributed by atoms with E-state index in [0.717, 1.165) is 5.56 Å². The molecule has 4 nitrogen and oxygen atoms in total. The van der Waals surface area contributed by atoms with E-state index >= 15 is 0 Å². The third kappa shape index (κ3) is 6.51. The fraction of sp³-hybridized carbons (Fsp3) is 0.455. The number of aromatic hydroxyl groups is 1. The lowest BCUT2D eigenvalue weighted by Crippen LogP contribution is -2.23. The van der Waals surface area contributed by atoms with Crippen molar-refractivity contribution in [2.75, 3.05) is 18.1 Å². The van der Waals surface area contributed by atoms with E-state index in [4.69, 9.17) is 0 Å². The highest BCUT2D eigenvalue weighted by Gasteiger charge is 2.05. The van der Waals surface area contributed by atoms with Gasteiger partial charge < -0.3 is 10.4 Å². The summed E-state index contributed by atoms with van der Waals surface area (Å²) in [6.07, 6.45) is 0. The van der Waals surface area contributed by atoms with Gasteiger partial charge in [0, 0.05) is 18.8 Å². The van der Waals surface area contributed by atoms with Crippen LogP contribution in [0.2, 0.25) is 0 Å². The summed E-state index contributed by atoms with van der Waals surface area (Å²) in [4.78, 5) is 0. The minimum atomic E-state index is -2.89. The van der Waals surface area contributed by atoms with Gasteiger partial charge in [0.1, 0.15) is 5.75 Å². The molecule has 0 fully saturated rings. The molecule has 1 aromatic carbocycles. The van der Waals surface area contributed by atoms with Crippen LogP contribution in [0.3, 0.4) is 0 Å². The second kappa shape index (κ2) is 7.53. The summed E-state index contributed by atoms with van der Waals surface area (Å²) in [6, 6.07) is 6.89. The zero-order chi connectivity index (χ0) is 12.0. The van der Waals surface area contributed by atoms with Crippen molar-refractivity contribution < 1.29 is 13.5 Å². The Hall–Kier alpha value is -0.780. The summed E-state index contributed by atoms with van der Waals surface area (Å²) in [6.45, 7) is 2.64. The van der Waals surface area contributed by atoms with Crippen molar-refractivity contribution in [3.8, 4) is 5.75 Å². The van der Waals surface area contributed by atoms with E-state index in [2.05, 4.69) is 5.32 Å². The number of phenolic OH excluding ortho intramolecular Hbond substituents is 1. The Morgan fingerprint density at radius 2 is 2.06 bits per heavy atom. The fourth-order valence-corrected chi connectivity index (χ4v) is 2.02. The third-order valence-corrected chi connectivity index (χ3v) is 3.98. The molecular formula is C11H18ClNO3S. The van der Waals surface area contributed by atoms with Crippen LogP contribution >= 0.6 is 12.4 Å². The van der Waals surface area contributed by atoms with Crippen LogP contribution in [0.4, 0.5) is 0 Å². The second-order valence-corrected chi connectivity index (χ2v) is 6.06. The molecule has 0 aliphatic rings. The highest BCUT2D eigenvalue weighted by atomic mass is 35.5. The largest absolute Gasteiger partial charge is 0.508 e. The quantitative estimate of drug-likeness (QED) is 0.771. The maximum absolute atomic E-state index is 11.2. The van der Waals surface area contributed by atoms with Crippen LogP contribution in [0.1, 0.15) is 12.5 Å². The number of benzene rings is 1. The Morgan fingerprint density at radius 1 is 1.35 bits per heavy atom. The Labute approximate surface area is 108 Å². The SMILES string of the molecule is CCS(=O)(=O)CCNCc1cccc(O)c1.Cl. The van der Waals surface area contributed by atoms with Crippen molar-refractivity contribution in [1.82, 2.24) is 5.32 Å². The van der Waals surface area contributed by atoms with Gasteiger partial charge in [-0.25, -0.2) is 8.42 Å². The van der Waals surface area contributed by atoms with Crippen molar-refractivity contribution in [3.63, 3.8) is 0 Å². The number of phenols is 1. The molecule has 0 saturated heterocycles. The molecule has 0 unspecified atom stereocenters. The fourth-order valence-electron chi connectivity index (χ4n) is 1.27. The molecule has 0 amide bonds. The minimum Gasteiger partial charge on any atom is -0.508 e. The van der Waals surface area contributed by atoms with E-state index in [1.165, 1.54) is 0 Å². The number of nitrogens with one attached hydrogen (secondary N) is 1. The maximum atomic E-state index is 11.2. The molecule has 6 heteroatoms. The Bertz CT molecular complexity index is 434. The first-order valence-corrected chi connectivity index (χ1v) is 7.04. The van der Waals surface area contributed by atoms with Crippen LogP contribution in [0, 0.1) is 0 Å². The Morgan fingerprint density at radius 3 is 2.65 bits per heavy atom. The van der Waals surface area contributed by atoms with Gasteiger partial charge in [0.2, 0.25) is 0 Å². The van der Waals surface area contributed by atoms with E-state index in [9.17, 15) is 13.5 Å². The van der Waals surface area contributed by atoms with Crippen LogP contribution in [0.25, 0.3) is 0 Å². The average molecular weight is 280 g/mol. The molecule has 0 saturated carbocycles. The summed E-state index contributed by atoms with van der Waals surface area (Å²) < 4.78 is 22.4. The lowest BCUT2D eigenvalue weighted by Gasteiger charge is -2.05. The zero-order valence-corrected chi connectivity index (χ0v) is 11.4. The van der Waals surface area contributed by atoms with E-state index in [1.807, 2.05) is 6.07 Å². The summed E-state index contributed by atoms with van der Waals surface area (Å²) in [7, 11) is -2.89. The summed E-state index contributed by atoms with van der Waals surface area (Å²) in [5.41, 5.74) is 0.939. The number of hydrogen-bond donors (Lipinski definition) is 2. The second-order valence-electron chi connectivity index (χ2n) is 3.58. The maximum Gasteiger partial charge on any atom is 0.151 e. The van der Waals surface area contributed by atoms with Gasteiger partial charge in [0.05, 0.1) is 5.75 Å². The summed E-state index contributed by atoms with van der Waals surface area (Å²) >= 11 is 0. The van der Waals surface area contributed by atoms with Crippen LogP contribution in [0.15, 0.2) is 24.3 Å². The molecule has 0 spiro atoms. The van der Waals surface area contributed by atoms with Crippen LogP contribution in [-0.4, -0.2) is 31.6 Å². The molecule has 0 aliphatic heterocycles. The van der Waals surface area contributed by atoms with Crippen LogP contribution in [0.5, 0.6) is 5.75 Å². The van der Waals surface area contributed by atoms with Crippen LogP contribution < -0.4 is 5.32 Å². The van der Waals surface area contributed by atoms with Crippen molar-refractivity contribution in [3.05, 3.63) is 29.8 Å². The summed E-state index contributed by atoms with van der Waals surface area (Å²) in [5, 5.41) is 12.2. The topological polar surface area (TPSA) is 66.4 Å². The first-order chi connectivity index (χ1) is 7.53. The molecule has 2 N–H and O–H groups in total. The molecule has 0 atom stereocenters. The van der Waals surface area contributed by atoms with E-state index in [0.29, 0.717) is 13.1 Å². The molecule has 17 heavy (non-hydrogen) atoms. The monoisotopic (exact) mass is 279 g/mol. The predicted molar refractivity (Wildman–Crippen MR) is 71.4 cm³/mol. The minimum absolute atomic E-state index is 0. The average Bonchev–Trinajstić information content (AvgIpc) is 2.25. The van der Waals surface area contributed by atoms with Crippen molar-refractivity contribution in [1.29, 1.82) is 0 Å². The van der Waals surface area contributed by atoms with Crippen molar-refractivity contribution >= 4 is 22.2 Å². The molecule has 0 aromatic heterocycles. The molecule has 0 radical (unpaired) electrons. The lowest BCUT2D eigenvalue weighted by atomic mass is 10.2. The standard InChI is InChI=1S/C11H17NO3S.ClH/c1-2-16(14,15)7-6-12-9-10-4-3-5-11(13)8-10;/h3-5,8,12-13H,2,6-7,9H2,1H3;1H. The number of halogens is 1. The number of rotatable bonds is 6.